The van der Waals surface area contributed by atoms with Gasteiger partial charge in [-0.15, -0.1) is 0 Å². The Hall–Kier alpha value is -3.40. The van der Waals surface area contributed by atoms with E-state index in [0.29, 0.717) is 11.4 Å². The summed E-state index contributed by atoms with van der Waals surface area (Å²) in [4.78, 5) is 8.88. The van der Waals surface area contributed by atoms with Crippen LogP contribution in [-0.2, 0) is 0 Å². The Labute approximate surface area is 152 Å². The van der Waals surface area contributed by atoms with Gasteiger partial charge in [0.1, 0.15) is 22.9 Å². The molecule has 2 N–H and O–H groups in total. The summed E-state index contributed by atoms with van der Waals surface area (Å²) in [6.07, 6.45) is 3.42. The number of nitrogens with zero attached hydrogens (tertiary/aromatic N) is 2. The van der Waals surface area contributed by atoms with Crippen molar-refractivity contribution in [1.82, 2.24) is 0 Å². The molecule has 3 rings (SSSR count). The molecule has 0 unspecified atom stereocenters. The van der Waals surface area contributed by atoms with Crippen LogP contribution in [0.15, 0.2) is 70.6 Å². The van der Waals surface area contributed by atoms with E-state index in [-0.39, 0.29) is 11.5 Å². The van der Waals surface area contributed by atoms with Gasteiger partial charge >= 0.3 is 0 Å². The lowest BCUT2D eigenvalue weighted by molar-refractivity contribution is 0.476. The number of hydrogen-bond donors (Lipinski definition) is 2. The predicted octanol–water partition coefficient (Wildman–Crippen LogP) is 5.22. The molecule has 26 heavy (non-hydrogen) atoms. The van der Waals surface area contributed by atoms with E-state index in [0.717, 1.165) is 22.3 Å². The molecule has 3 aromatic rings. The zero-order chi connectivity index (χ0) is 18.5. The number of benzene rings is 3. The van der Waals surface area contributed by atoms with Gasteiger partial charge in [-0.1, -0.05) is 48.5 Å². The molecule has 0 aromatic heterocycles. The third kappa shape index (κ3) is 3.81. The molecule has 0 bridgehead atoms. The first-order valence-electron chi connectivity index (χ1n) is 8.30. The van der Waals surface area contributed by atoms with Gasteiger partial charge in [-0.05, 0) is 37.1 Å². The van der Waals surface area contributed by atoms with Crippen molar-refractivity contribution < 1.29 is 10.2 Å². The van der Waals surface area contributed by atoms with Crippen molar-refractivity contribution in [3.8, 4) is 11.5 Å². The van der Waals surface area contributed by atoms with Crippen LogP contribution in [-0.4, -0.2) is 22.6 Å². The molecule has 0 aliphatic rings. The van der Waals surface area contributed by atoms with Gasteiger partial charge in [0.25, 0.3) is 0 Å². The smallest absolute Gasteiger partial charge is 0.141 e. The Bertz CT molecular complexity index is 870. The van der Waals surface area contributed by atoms with E-state index in [1.54, 1.807) is 36.7 Å². The number of aliphatic imine (C=N–C) groups is 2. The van der Waals surface area contributed by atoms with Crippen molar-refractivity contribution >= 4 is 23.8 Å². The van der Waals surface area contributed by atoms with Crippen LogP contribution in [0.4, 0.5) is 11.4 Å². The van der Waals surface area contributed by atoms with Gasteiger partial charge in [0.05, 0.1) is 0 Å². The number of rotatable bonds is 4. The number of phenolic OH excluding ortho intramolecular Hbond substituents is 2. The van der Waals surface area contributed by atoms with Crippen LogP contribution in [0.2, 0.25) is 0 Å². The van der Waals surface area contributed by atoms with Gasteiger partial charge in [0, 0.05) is 23.6 Å². The van der Waals surface area contributed by atoms with Gasteiger partial charge in [-0.25, -0.2) is 0 Å². The van der Waals surface area contributed by atoms with E-state index in [1.165, 1.54) is 0 Å². The maximum absolute atomic E-state index is 9.98. The Kier molecular flexibility index (Phi) is 5.13. The molecule has 0 atom stereocenters. The Morgan fingerprint density at radius 3 is 1.42 bits per heavy atom. The maximum atomic E-state index is 9.98. The molecule has 0 radical (unpaired) electrons. The van der Waals surface area contributed by atoms with E-state index >= 15 is 0 Å². The molecule has 4 heteroatoms. The minimum Gasteiger partial charge on any atom is -0.506 e. The highest BCUT2D eigenvalue weighted by molar-refractivity contribution is 5.96. The van der Waals surface area contributed by atoms with Gasteiger partial charge in [-0.2, -0.15) is 0 Å². The average Bonchev–Trinajstić information content (AvgIpc) is 2.62. The lowest BCUT2D eigenvalue weighted by Gasteiger charge is -2.05. The number of aromatic hydroxyl groups is 2. The van der Waals surface area contributed by atoms with Crippen molar-refractivity contribution in [2.75, 3.05) is 0 Å². The van der Waals surface area contributed by atoms with Crippen LogP contribution in [0.3, 0.4) is 0 Å². The molecule has 0 aliphatic heterocycles. The Balaban J connectivity index is 1.94. The van der Waals surface area contributed by atoms with Crippen LogP contribution in [0.1, 0.15) is 22.3 Å². The summed E-state index contributed by atoms with van der Waals surface area (Å²) in [5.74, 6) is 0.300. The normalized spacial score (nSPS) is 11.5. The van der Waals surface area contributed by atoms with Crippen LogP contribution < -0.4 is 0 Å². The zero-order valence-corrected chi connectivity index (χ0v) is 14.7. The van der Waals surface area contributed by atoms with Gasteiger partial charge in [0.15, 0.2) is 0 Å². The second kappa shape index (κ2) is 7.66. The number of para-hydroxylation sites is 2. The largest absolute Gasteiger partial charge is 0.506 e. The van der Waals surface area contributed by atoms with E-state index < -0.39 is 0 Å². The van der Waals surface area contributed by atoms with E-state index in [9.17, 15) is 10.2 Å². The Morgan fingerprint density at radius 2 is 1.04 bits per heavy atom. The third-order valence-electron chi connectivity index (χ3n) is 4.09. The number of aryl methyl sites for hydroxylation is 2. The summed E-state index contributed by atoms with van der Waals surface area (Å²) >= 11 is 0. The summed E-state index contributed by atoms with van der Waals surface area (Å²) < 4.78 is 0. The van der Waals surface area contributed by atoms with Crippen LogP contribution in [0.25, 0.3) is 0 Å². The highest BCUT2D eigenvalue weighted by Crippen LogP contribution is 2.30. The van der Waals surface area contributed by atoms with E-state index in [4.69, 9.17) is 0 Å². The van der Waals surface area contributed by atoms with Crippen molar-refractivity contribution in [3.05, 3.63) is 82.9 Å². The predicted molar refractivity (Wildman–Crippen MR) is 107 cm³/mol. The lowest BCUT2D eigenvalue weighted by Crippen LogP contribution is -1.91. The summed E-state index contributed by atoms with van der Waals surface area (Å²) in [7, 11) is 0. The highest BCUT2D eigenvalue weighted by Gasteiger charge is 2.04. The molecule has 0 amide bonds. The molecule has 4 nitrogen and oxygen atoms in total. The maximum Gasteiger partial charge on any atom is 0.141 e. The first-order valence-corrected chi connectivity index (χ1v) is 8.30. The zero-order valence-electron chi connectivity index (χ0n) is 14.7. The second-order valence-corrected chi connectivity index (χ2v) is 6.03. The highest BCUT2D eigenvalue weighted by atomic mass is 16.3. The van der Waals surface area contributed by atoms with E-state index in [1.807, 2.05) is 50.2 Å². The Morgan fingerprint density at radius 1 is 0.615 bits per heavy atom. The summed E-state index contributed by atoms with van der Waals surface area (Å²) in [6.45, 7) is 3.81. The molecular formula is C22H20N2O2. The van der Waals surface area contributed by atoms with Crippen LogP contribution in [0, 0.1) is 13.8 Å². The minimum atomic E-state index is 0.150. The fourth-order valence-electron chi connectivity index (χ4n) is 2.64. The van der Waals surface area contributed by atoms with Gasteiger partial charge in [-0.3, -0.25) is 9.98 Å². The van der Waals surface area contributed by atoms with Crippen LogP contribution >= 0.6 is 0 Å². The number of phenols is 2. The van der Waals surface area contributed by atoms with Crippen molar-refractivity contribution in [1.29, 1.82) is 0 Å². The molecule has 0 fully saturated rings. The monoisotopic (exact) mass is 344 g/mol. The molecule has 0 aliphatic carbocycles. The van der Waals surface area contributed by atoms with Crippen molar-refractivity contribution in [2.24, 2.45) is 9.98 Å². The fourth-order valence-corrected chi connectivity index (χ4v) is 2.64. The quantitative estimate of drug-likeness (QED) is 0.638. The van der Waals surface area contributed by atoms with Crippen LogP contribution in [0.5, 0.6) is 11.5 Å². The first-order chi connectivity index (χ1) is 12.6. The molecule has 0 spiro atoms. The summed E-state index contributed by atoms with van der Waals surface area (Å²) in [6, 6.07) is 18.3. The van der Waals surface area contributed by atoms with Gasteiger partial charge in [0.2, 0.25) is 0 Å². The second-order valence-electron chi connectivity index (χ2n) is 6.03. The fraction of sp³-hybridized carbons (Fsp3) is 0.0909. The number of hydrogen-bond acceptors (Lipinski definition) is 4. The third-order valence-corrected chi connectivity index (χ3v) is 4.09. The van der Waals surface area contributed by atoms with Crippen molar-refractivity contribution in [2.45, 2.75) is 13.8 Å². The topological polar surface area (TPSA) is 65.2 Å². The SMILES string of the molecule is Cc1cccc(O)c1N=Cc1ccccc1C=Nc1c(C)cccc1O. The standard InChI is InChI=1S/C22H20N2O2/c1-15-7-5-11-19(25)21(15)23-13-17-9-3-4-10-18(17)14-24-22-16(2)8-6-12-20(22)26/h3-14,25-26H,1-2H3. The molecule has 130 valence electrons. The minimum absolute atomic E-state index is 0.150. The average molecular weight is 344 g/mol. The van der Waals surface area contributed by atoms with Crippen molar-refractivity contribution in [3.63, 3.8) is 0 Å². The van der Waals surface area contributed by atoms with E-state index in [2.05, 4.69) is 9.98 Å². The molecule has 0 heterocycles. The molecule has 0 saturated heterocycles. The summed E-state index contributed by atoms with van der Waals surface area (Å²) in [5, 5.41) is 20.0. The lowest BCUT2D eigenvalue weighted by atomic mass is 10.1. The molecule has 0 saturated carbocycles. The van der Waals surface area contributed by atoms with Gasteiger partial charge < -0.3 is 10.2 Å². The first kappa shape index (κ1) is 17.4. The molecule has 3 aromatic carbocycles. The summed E-state index contributed by atoms with van der Waals surface area (Å²) in [5.41, 5.74) is 4.64. The molecular weight excluding hydrogens is 324 g/mol.